The van der Waals surface area contributed by atoms with E-state index in [-0.39, 0.29) is 5.84 Å². The summed E-state index contributed by atoms with van der Waals surface area (Å²) in [5, 5.41) is 11.7. The summed E-state index contributed by atoms with van der Waals surface area (Å²) < 4.78 is 5.77. The first-order chi connectivity index (χ1) is 10.3. The molecule has 5 heteroatoms. The number of rotatable bonds is 2. The van der Waals surface area contributed by atoms with Crippen LogP contribution < -0.4 is 15.4 Å². The van der Waals surface area contributed by atoms with Crippen molar-refractivity contribution in [3.05, 3.63) is 54.1 Å². The summed E-state index contributed by atoms with van der Waals surface area (Å²) in [5.41, 5.74) is 8.41. The Morgan fingerprint density at radius 1 is 1.14 bits per heavy atom. The number of benzene rings is 2. The Hall–Kier alpha value is -2.69. The monoisotopic (exact) mass is 283 g/mol. The van der Waals surface area contributed by atoms with Gasteiger partial charge in [0, 0.05) is 17.8 Å². The second-order valence-corrected chi connectivity index (χ2v) is 4.85. The molecule has 3 N–H and O–H groups in total. The van der Waals surface area contributed by atoms with Gasteiger partial charge >= 0.3 is 0 Å². The van der Waals surface area contributed by atoms with Gasteiger partial charge in [0.2, 0.25) is 0 Å². The lowest BCUT2D eigenvalue weighted by Gasteiger charge is -2.24. The zero-order chi connectivity index (χ0) is 14.7. The maximum absolute atomic E-state index is 8.71. The molecule has 0 bridgehead atoms. The van der Waals surface area contributed by atoms with E-state index in [9.17, 15) is 0 Å². The molecule has 2 aromatic rings. The van der Waals surface area contributed by atoms with E-state index in [0.29, 0.717) is 5.56 Å². The van der Waals surface area contributed by atoms with Crippen molar-refractivity contribution in [2.24, 2.45) is 10.9 Å². The highest BCUT2D eigenvalue weighted by molar-refractivity contribution is 5.97. The maximum atomic E-state index is 8.71. The number of ether oxygens (including phenoxy) is 1. The number of amidine groups is 1. The zero-order valence-corrected chi connectivity index (χ0v) is 11.6. The Kier molecular flexibility index (Phi) is 3.64. The molecular formula is C16H17N3O2. The number of nitrogens with zero attached hydrogens (tertiary/aromatic N) is 2. The fraction of sp³-hybridized carbons (Fsp3) is 0.188. The number of nitrogens with two attached hydrogens (primary N) is 1. The first kappa shape index (κ1) is 13.3. The Balaban J connectivity index is 1.96. The normalized spacial score (nSPS) is 15.0. The summed E-state index contributed by atoms with van der Waals surface area (Å²) in [6, 6.07) is 15.6. The molecule has 108 valence electrons. The number of oxime groups is 1. The molecule has 0 saturated heterocycles. The van der Waals surface area contributed by atoms with Crippen molar-refractivity contribution in [3.8, 4) is 5.75 Å². The smallest absolute Gasteiger partial charge is 0.170 e. The summed E-state index contributed by atoms with van der Waals surface area (Å²) in [6.07, 6.45) is 0.955. The molecule has 1 aliphatic heterocycles. The number of fused-ring (bicyclic) bond motifs is 1. The molecule has 5 nitrogen and oxygen atoms in total. The average molecular weight is 283 g/mol. The van der Waals surface area contributed by atoms with Gasteiger partial charge in [0.05, 0.1) is 12.3 Å². The molecule has 0 aliphatic carbocycles. The van der Waals surface area contributed by atoms with Gasteiger partial charge in [0.1, 0.15) is 5.75 Å². The highest BCUT2D eigenvalue weighted by atomic mass is 16.5. The molecule has 0 atom stereocenters. The minimum Gasteiger partial charge on any atom is -0.491 e. The summed E-state index contributed by atoms with van der Waals surface area (Å²) in [7, 11) is 0. The van der Waals surface area contributed by atoms with E-state index in [4.69, 9.17) is 15.7 Å². The van der Waals surface area contributed by atoms with Crippen LogP contribution in [0.1, 0.15) is 12.0 Å². The topological polar surface area (TPSA) is 71.1 Å². The van der Waals surface area contributed by atoms with Gasteiger partial charge in [0.15, 0.2) is 5.84 Å². The molecule has 0 aromatic heterocycles. The Bertz CT molecular complexity index is 653. The minimum absolute atomic E-state index is 0.112. The van der Waals surface area contributed by atoms with Gasteiger partial charge in [-0.1, -0.05) is 17.3 Å². The molecule has 21 heavy (non-hydrogen) atoms. The quantitative estimate of drug-likeness (QED) is 0.385. The number of hydrogen-bond donors (Lipinski definition) is 2. The van der Waals surface area contributed by atoms with Crippen LogP contribution in [0.15, 0.2) is 53.7 Å². The standard InChI is InChI=1S/C16H17N3O2/c17-16(18-20)12-6-8-13(9-7-12)19-10-3-11-21-15-5-2-1-4-14(15)19/h1-2,4-9,20H,3,10-11H2,(H2,17,18). The molecular weight excluding hydrogens is 266 g/mol. The predicted molar refractivity (Wildman–Crippen MR) is 82.5 cm³/mol. The molecule has 0 unspecified atom stereocenters. The Morgan fingerprint density at radius 3 is 2.67 bits per heavy atom. The Morgan fingerprint density at radius 2 is 1.90 bits per heavy atom. The summed E-state index contributed by atoms with van der Waals surface area (Å²) in [6.45, 7) is 1.61. The molecule has 0 radical (unpaired) electrons. The first-order valence-corrected chi connectivity index (χ1v) is 6.87. The van der Waals surface area contributed by atoms with E-state index in [0.717, 1.165) is 36.7 Å². The van der Waals surface area contributed by atoms with Crippen molar-refractivity contribution in [1.29, 1.82) is 0 Å². The van der Waals surface area contributed by atoms with Gasteiger partial charge in [-0.05, 0) is 42.8 Å². The van der Waals surface area contributed by atoms with Gasteiger partial charge in [-0.3, -0.25) is 0 Å². The average Bonchev–Trinajstić information content (AvgIpc) is 2.77. The minimum atomic E-state index is 0.112. The first-order valence-electron chi connectivity index (χ1n) is 6.87. The summed E-state index contributed by atoms with van der Waals surface area (Å²) >= 11 is 0. The van der Waals surface area contributed by atoms with Crippen LogP contribution in [0.3, 0.4) is 0 Å². The van der Waals surface area contributed by atoms with E-state index in [1.165, 1.54) is 0 Å². The predicted octanol–water partition coefficient (Wildman–Crippen LogP) is 2.70. The third kappa shape index (κ3) is 2.63. The largest absolute Gasteiger partial charge is 0.491 e. The molecule has 0 fully saturated rings. The lowest BCUT2D eigenvalue weighted by atomic mass is 10.1. The summed E-state index contributed by atoms with van der Waals surface area (Å²) in [4.78, 5) is 2.22. The fourth-order valence-electron chi connectivity index (χ4n) is 2.47. The van der Waals surface area contributed by atoms with E-state index in [2.05, 4.69) is 16.1 Å². The van der Waals surface area contributed by atoms with Crippen molar-refractivity contribution in [2.45, 2.75) is 6.42 Å². The van der Waals surface area contributed by atoms with Crippen molar-refractivity contribution < 1.29 is 9.94 Å². The molecule has 0 amide bonds. The molecule has 1 aliphatic rings. The van der Waals surface area contributed by atoms with Gasteiger partial charge in [0.25, 0.3) is 0 Å². The van der Waals surface area contributed by atoms with Crippen LogP contribution in [0.2, 0.25) is 0 Å². The van der Waals surface area contributed by atoms with E-state index < -0.39 is 0 Å². The lowest BCUT2D eigenvalue weighted by molar-refractivity contribution is 0.318. The van der Waals surface area contributed by atoms with Crippen molar-refractivity contribution in [3.63, 3.8) is 0 Å². The van der Waals surface area contributed by atoms with Crippen molar-refractivity contribution >= 4 is 17.2 Å². The van der Waals surface area contributed by atoms with E-state index >= 15 is 0 Å². The van der Waals surface area contributed by atoms with Crippen LogP contribution in [-0.2, 0) is 0 Å². The van der Waals surface area contributed by atoms with Crippen LogP contribution in [0.25, 0.3) is 0 Å². The van der Waals surface area contributed by atoms with Crippen molar-refractivity contribution in [1.82, 2.24) is 0 Å². The van der Waals surface area contributed by atoms with Crippen LogP contribution in [0.5, 0.6) is 5.75 Å². The lowest BCUT2D eigenvalue weighted by Crippen LogP contribution is -2.18. The highest BCUT2D eigenvalue weighted by Gasteiger charge is 2.17. The van der Waals surface area contributed by atoms with Crippen molar-refractivity contribution in [2.75, 3.05) is 18.1 Å². The Labute approximate surface area is 123 Å². The number of para-hydroxylation sites is 2. The van der Waals surface area contributed by atoms with Gasteiger partial charge in [-0.15, -0.1) is 0 Å². The van der Waals surface area contributed by atoms with Crippen LogP contribution >= 0.6 is 0 Å². The third-order valence-electron chi connectivity index (χ3n) is 3.52. The highest BCUT2D eigenvalue weighted by Crippen LogP contribution is 2.35. The van der Waals surface area contributed by atoms with Gasteiger partial charge in [-0.25, -0.2) is 0 Å². The molecule has 3 rings (SSSR count). The zero-order valence-electron chi connectivity index (χ0n) is 11.6. The van der Waals surface area contributed by atoms with Crippen LogP contribution in [0.4, 0.5) is 11.4 Å². The summed E-state index contributed by atoms with van der Waals surface area (Å²) in [5.74, 6) is 1.01. The second kappa shape index (κ2) is 5.75. The molecule has 0 saturated carbocycles. The number of anilines is 2. The number of hydrogen-bond acceptors (Lipinski definition) is 4. The molecule has 0 spiro atoms. The van der Waals surface area contributed by atoms with Crippen LogP contribution in [-0.4, -0.2) is 24.2 Å². The van der Waals surface area contributed by atoms with E-state index in [1.807, 2.05) is 42.5 Å². The van der Waals surface area contributed by atoms with Gasteiger partial charge in [-0.2, -0.15) is 0 Å². The fourth-order valence-corrected chi connectivity index (χ4v) is 2.47. The third-order valence-corrected chi connectivity index (χ3v) is 3.52. The van der Waals surface area contributed by atoms with E-state index in [1.54, 1.807) is 0 Å². The maximum Gasteiger partial charge on any atom is 0.170 e. The van der Waals surface area contributed by atoms with Crippen LogP contribution in [0, 0.1) is 0 Å². The second-order valence-electron chi connectivity index (χ2n) is 4.85. The molecule has 2 aromatic carbocycles. The molecule has 1 heterocycles. The van der Waals surface area contributed by atoms with Gasteiger partial charge < -0.3 is 20.6 Å². The SMILES string of the molecule is N/C(=N/O)c1ccc(N2CCCOc3ccccc32)cc1.